The first-order valence-electron chi connectivity index (χ1n) is 13.3. The lowest BCUT2D eigenvalue weighted by atomic mass is 9.92. The number of aliphatic imine (C=N–C) groups is 1. The van der Waals surface area contributed by atoms with Crippen LogP contribution in [0.4, 0.5) is 0 Å². The lowest BCUT2D eigenvalue weighted by molar-refractivity contribution is 0.210. The van der Waals surface area contributed by atoms with Crippen LogP contribution in [0.5, 0.6) is 0 Å². The zero-order chi connectivity index (χ0) is 26.5. The molecule has 1 aromatic heterocycles. The smallest absolute Gasteiger partial charge is 0.116 e. The van der Waals surface area contributed by atoms with E-state index in [1.54, 1.807) is 18.0 Å². The molecule has 1 aliphatic heterocycles. The van der Waals surface area contributed by atoms with Crippen molar-refractivity contribution >= 4 is 29.5 Å². The molecular formula is C33H36N4S. The van der Waals surface area contributed by atoms with Crippen LogP contribution in [0.1, 0.15) is 45.5 Å². The van der Waals surface area contributed by atoms with Crippen LogP contribution in [0.2, 0.25) is 0 Å². The summed E-state index contributed by atoms with van der Waals surface area (Å²) in [4.78, 5) is 11.3. The predicted molar refractivity (Wildman–Crippen MR) is 163 cm³/mol. The van der Waals surface area contributed by atoms with Gasteiger partial charge in [-0.15, -0.1) is 11.8 Å². The molecule has 1 fully saturated rings. The summed E-state index contributed by atoms with van der Waals surface area (Å²) in [5, 5.41) is 2.03. The molecule has 1 saturated heterocycles. The number of benzene rings is 3. The first-order chi connectivity index (χ1) is 18.6. The molecular weight excluding hydrogens is 484 g/mol. The Morgan fingerprint density at radius 2 is 1.82 bits per heavy atom. The van der Waals surface area contributed by atoms with Crippen LogP contribution in [-0.4, -0.2) is 40.0 Å². The Hall–Kier alpha value is -3.57. The zero-order valence-corrected chi connectivity index (χ0v) is 23.2. The molecule has 2 heterocycles. The summed E-state index contributed by atoms with van der Waals surface area (Å²) >= 11 is 1.77. The fourth-order valence-corrected chi connectivity index (χ4v) is 6.14. The highest BCUT2D eigenvalue weighted by molar-refractivity contribution is 8.02. The first kappa shape index (κ1) is 26.1. The fraction of sp³-hybridized carbons (Fsp3) is 0.273. The summed E-state index contributed by atoms with van der Waals surface area (Å²) < 4.78 is 2.48. The molecule has 0 N–H and O–H groups in total. The van der Waals surface area contributed by atoms with E-state index >= 15 is 0 Å². The zero-order valence-electron chi connectivity index (χ0n) is 22.4. The summed E-state index contributed by atoms with van der Waals surface area (Å²) in [6, 6.07) is 24.6. The van der Waals surface area contributed by atoms with Crippen molar-refractivity contribution in [1.29, 1.82) is 0 Å². The van der Waals surface area contributed by atoms with Gasteiger partial charge in [0.25, 0.3) is 0 Å². The monoisotopic (exact) mass is 520 g/mol. The van der Waals surface area contributed by atoms with Gasteiger partial charge in [0.15, 0.2) is 0 Å². The fourth-order valence-electron chi connectivity index (χ4n) is 5.28. The van der Waals surface area contributed by atoms with Crippen molar-refractivity contribution in [3.63, 3.8) is 0 Å². The highest BCUT2D eigenvalue weighted by atomic mass is 32.2. The van der Waals surface area contributed by atoms with Gasteiger partial charge in [-0.05, 0) is 67.4 Å². The largest absolute Gasteiger partial charge is 0.376 e. The van der Waals surface area contributed by atoms with Gasteiger partial charge < -0.3 is 9.47 Å². The van der Waals surface area contributed by atoms with Crippen LogP contribution < -0.4 is 0 Å². The molecule has 0 saturated carbocycles. The Balaban J connectivity index is 1.52. The van der Waals surface area contributed by atoms with Gasteiger partial charge in [0.2, 0.25) is 0 Å². The second-order valence-corrected chi connectivity index (χ2v) is 11.1. The van der Waals surface area contributed by atoms with Crippen LogP contribution in [0.15, 0.2) is 96.1 Å². The van der Waals surface area contributed by atoms with Crippen molar-refractivity contribution in [2.75, 3.05) is 18.8 Å². The van der Waals surface area contributed by atoms with Crippen LogP contribution in [0.3, 0.4) is 0 Å². The van der Waals surface area contributed by atoms with E-state index in [1.165, 1.54) is 39.2 Å². The molecule has 5 heteroatoms. The number of imidazole rings is 1. The van der Waals surface area contributed by atoms with Crippen molar-refractivity contribution in [1.82, 2.24) is 14.5 Å². The number of hydrogen-bond donors (Lipinski definition) is 0. The van der Waals surface area contributed by atoms with E-state index in [4.69, 9.17) is 4.98 Å². The predicted octanol–water partition coefficient (Wildman–Crippen LogP) is 7.48. The third-order valence-electron chi connectivity index (χ3n) is 7.45. The van der Waals surface area contributed by atoms with E-state index in [2.05, 4.69) is 108 Å². The Labute approximate surface area is 230 Å². The molecule has 1 unspecified atom stereocenters. The number of aryl methyl sites for hydroxylation is 4. The molecule has 0 bridgehead atoms. The molecule has 4 nitrogen and oxygen atoms in total. The first-order valence-corrected chi connectivity index (χ1v) is 14.3. The van der Waals surface area contributed by atoms with Crippen LogP contribution >= 0.6 is 11.8 Å². The molecule has 0 aliphatic carbocycles. The maximum atomic E-state index is 5.17. The standard InChI is InChI=1S/C33H36N4S/c1-5-36-21-29(22-36)33-35-31-14-13-28(20-32(31)37(33)17-15-26-8-6-7-25(3)19-26)30(23-38-18-16-34-4)27-11-9-24(2)10-12-27/h5-14,16,18-20,29-30H,1,4,15,17,21-23H2,2-3H3/b18-16-. The van der Waals surface area contributed by atoms with E-state index in [0.717, 1.165) is 37.3 Å². The molecule has 194 valence electrons. The normalized spacial score (nSPS) is 14.6. The number of likely N-dealkylation sites (tertiary alicyclic amines) is 1. The number of nitrogens with zero attached hydrogens (tertiary/aromatic N) is 4. The lowest BCUT2D eigenvalue weighted by Crippen LogP contribution is -2.42. The van der Waals surface area contributed by atoms with Crippen LogP contribution in [-0.2, 0) is 13.0 Å². The summed E-state index contributed by atoms with van der Waals surface area (Å²) in [5.74, 6) is 2.83. The topological polar surface area (TPSA) is 33.4 Å². The molecule has 0 amide bonds. The van der Waals surface area contributed by atoms with E-state index in [-0.39, 0.29) is 5.92 Å². The summed E-state index contributed by atoms with van der Waals surface area (Å²) in [6.07, 6.45) is 4.69. The third-order valence-corrected chi connectivity index (χ3v) is 8.29. The number of aromatic nitrogens is 2. The molecule has 0 radical (unpaired) electrons. The number of thioether (sulfide) groups is 1. The van der Waals surface area contributed by atoms with Crippen LogP contribution in [0, 0.1) is 13.8 Å². The van der Waals surface area contributed by atoms with E-state index in [1.807, 2.05) is 11.6 Å². The molecule has 38 heavy (non-hydrogen) atoms. The van der Waals surface area contributed by atoms with Gasteiger partial charge in [0, 0.05) is 37.5 Å². The van der Waals surface area contributed by atoms with Gasteiger partial charge in [0.05, 0.1) is 17.0 Å². The van der Waals surface area contributed by atoms with Gasteiger partial charge in [-0.1, -0.05) is 72.3 Å². The maximum Gasteiger partial charge on any atom is 0.116 e. The second-order valence-electron chi connectivity index (χ2n) is 10.2. The summed E-state index contributed by atoms with van der Waals surface area (Å²) in [7, 11) is 0. The molecule has 4 aromatic rings. The van der Waals surface area contributed by atoms with Gasteiger partial charge in [0.1, 0.15) is 5.82 Å². The van der Waals surface area contributed by atoms with E-state index in [0.29, 0.717) is 5.92 Å². The Morgan fingerprint density at radius 3 is 2.55 bits per heavy atom. The minimum atomic E-state index is 0.267. The SMILES string of the molecule is C=CN1CC(c2nc3ccc(C(CS/C=C\N=C)c4ccc(C)cc4)cc3n2CCc2cccc(C)c2)C1. The summed E-state index contributed by atoms with van der Waals surface area (Å²) in [5.41, 5.74) is 8.91. The second kappa shape index (κ2) is 11.9. The van der Waals surface area contributed by atoms with Crippen molar-refractivity contribution in [3.8, 4) is 0 Å². The van der Waals surface area contributed by atoms with Crippen LogP contribution in [0.25, 0.3) is 11.0 Å². The molecule has 1 atom stereocenters. The van der Waals surface area contributed by atoms with E-state index < -0.39 is 0 Å². The highest BCUT2D eigenvalue weighted by Gasteiger charge is 2.30. The van der Waals surface area contributed by atoms with Crippen molar-refractivity contribution in [2.24, 2.45) is 4.99 Å². The van der Waals surface area contributed by atoms with Gasteiger partial charge >= 0.3 is 0 Å². The average Bonchev–Trinajstić information content (AvgIpc) is 3.25. The quantitative estimate of drug-likeness (QED) is 0.192. The Morgan fingerprint density at radius 1 is 1.03 bits per heavy atom. The molecule has 0 spiro atoms. The maximum absolute atomic E-state index is 5.17. The molecule has 1 aliphatic rings. The van der Waals surface area contributed by atoms with Gasteiger partial charge in [-0.2, -0.15) is 0 Å². The number of fused-ring (bicyclic) bond motifs is 1. The minimum Gasteiger partial charge on any atom is -0.376 e. The Bertz CT molecular complexity index is 1440. The van der Waals surface area contributed by atoms with Gasteiger partial charge in [-0.3, -0.25) is 4.99 Å². The van der Waals surface area contributed by atoms with Gasteiger partial charge in [-0.25, -0.2) is 4.98 Å². The van der Waals surface area contributed by atoms with Crippen molar-refractivity contribution < 1.29 is 0 Å². The van der Waals surface area contributed by atoms with Crippen molar-refractivity contribution in [2.45, 2.75) is 38.6 Å². The third kappa shape index (κ3) is 5.78. The number of hydrogen-bond acceptors (Lipinski definition) is 4. The van der Waals surface area contributed by atoms with E-state index in [9.17, 15) is 0 Å². The summed E-state index contributed by atoms with van der Waals surface area (Å²) in [6.45, 7) is 14.7. The molecule has 5 rings (SSSR count). The Kier molecular flexibility index (Phi) is 8.14. The lowest BCUT2D eigenvalue weighted by Gasteiger charge is -2.38. The highest BCUT2D eigenvalue weighted by Crippen LogP contribution is 2.34. The minimum absolute atomic E-state index is 0.267. The average molecular weight is 521 g/mol. The van der Waals surface area contributed by atoms with Crippen molar-refractivity contribution in [3.05, 3.63) is 125 Å². The number of rotatable bonds is 11. The molecule has 3 aromatic carbocycles.